The van der Waals surface area contributed by atoms with Crippen molar-refractivity contribution < 1.29 is 13.2 Å². The summed E-state index contributed by atoms with van der Waals surface area (Å²) in [5.74, 6) is 0. The third-order valence-electron chi connectivity index (χ3n) is 1.86. The molecule has 0 saturated heterocycles. The van der Waals surface area contributed by atoms with Crippen LogP contribution in [0, 0.1) is 0 Å². The quantitative estimate of drug-likeness (QED) is 0.858. The van der Waals surface area contributed by atoms with E-state index in [0.29, 0.717) is 0 Å². The van der Waals surface area contributed by atoms with Gasteiger partial charge in [-0.3, -0.25) is 5.10 Å². The Morgan fingerprint density at radius 1 is 1.31 bits per heavy atom. The van der Waals surface area contributed by atoms with Crippen LogP contribution in [0.2, 0.25) is 0 Å². The van der Waals surface area contributed by atoms with Crippen molar-refractivity contribution in [1.29, 1.82) is 0 Å². The zero-order valence-corrected chi connectivity index (χ0v) is 8.77. The number of hydrogen-bond acceptors (Lipinski definition) is 2. The Kier molecular flexibility index (Phi) is 2.82. The van der Waals surface area contributed by atoms with E-state index in [9.17, 15) is 13.2 Å². The summed E-state index contributed by atoms with van der Waals surface area (Å²) >= 11 is 1.51. The fourth-order valence-corrected chi connectivity index (χ4v) is 1.74. The first kappa shape index (κ1) is 10.9. The summed E-state index contributed by atoms with van der Waals surface area (Å²) in [6.07, 6.45) is -1.11. The molecule has 0 aliphatic rings. The van der Waals surface area contributed by atoms with Gasteiger partial charge in [-0.15, -0.1) is 11.3 Å². The zero-order valence-electron chi connectivity index (χ0n) is 7.95. The molecular weight excluding hydrogens is 237 g/mol. The number of H-pyrrole nitrogens is 1. The number of aromatic nitrogens is 2. The van der Waals surface area contributed by atoms with Crippen molar-refractivity contribution in [2.75, 3.05) is 0 Å². The highest BCUT2D eigenvalue weighted by Crippen LogP contribution is 2.28. The maximum atomic E-state index is 12.2. The Morgan fingerprint density at radius 2 is 2.12 bits per heavy atom. The SMILES string of the molecule is FC(F)(F)c1cc(C=Cc2cccs2)n[nH]1. The molecule has 0 atom stereocenters. The van der Waals surface area contributed by atoms with E-state index in [4.69, 9.17) is 0 Å². The fourth-order valence-electron chi connectivity index (χ4n) is 1.12. The van der Waals surface area contributed by atoms with Gasteiger partial charge in [0, 0.05) is 4.88 Å². The van der Waals surface area contributed by atoms with Crippen LogP contribution < -0.4 is 0 Å². The lowest BCUT2D eigenvalue weighted by molar-refractivity contribution is -0.141. The number of nitrogens with one attached hydrogen (secondary N) is 1. The summed E-state index contributed by atoms with van der Waals surface area (Å²) in [4.78, 5) is 0.969. The molecular formula is C10H7F3N2S. The van der Waals surface area contributed by atoms with E-state index in [2.05, 4.69) is 5.10 Å². The van der Waals surface area contributed by atoms with E-state index in [-0.39, 0.29) is 5.69 Å². The standard InChI is InChI=1S/C10H7F3N2S/c11-10(12,13)9-6-7(14-15-9)3-4-8-2-1-5-16-8/h1-6H,(H,14,15). The number of rotatable bonds is 2. The Hall–Kier alpha value is -1.56. The minimum atomic E-state index is -4.37. The van der Waals surface area contributed by atoms with E-state index in [0.717, 1.165) is 10.9 Å². The highest BCUT2D eigenvalue weighted by Gasteiger charge is 2.32. The van der Waals surface area contributed by atoms with Gasteiger partial charge >= 0.3 is 6.18 Å². The monoisotopic (exact) mass is 244 g/mol. The van der Waals surface area contributed by atoms with Gasteiger partial charge in [0.25, 0.3) is 0 Å². The minimum Gasteiger partial charge on any atom is -0.273 e. The zero-order chi connectivity index (χ0) is 11.6. The lowest BCUT2D eigenvalue weighted by atomic mass is 10.3. The van der Waals surface area contributed by atoms with Crippen LogP contribution in [0.5, 0.6) is 0 Å². The van der Waals surface area contributed by atoms with Crippen molar-refractivity contribution >= 4 is 23.5 Å². The van der Waals surface area contributed by atoms with Gasteiger partial charge in [-0.25, -0.2) is 0 Å². The smallest absolute Gasteiger partial charge is 0.273 e. The highest BCUT2D eigenvalue weighted by molar-refractivity contribution is 7.10. The number of hydrogen-bond donors (Lipinski definition) is 1. The summed E-state index contributed by atoms with van der Waals surface area (Å²) in [6.45, 7) is 0. The average molecular weight is 244 g/mol. The molecule has 16 heavy (non-hydrogen) atoms. The molecule has 0 aromatic carbocycles. The third-order valence-corrected chi connectivity index (χ3v) is 2.70. The van der Waals surface area contributed by atoms with E-state index >= 15 is 0 Å². The molecule has 2 aromatic rings. The number of halogens is 3. The first-order chi connectivity index (χ1) is 7.55. The van der Waals surface area contributed by atoms with Crippen molar-refractivity contribution in [3.05, 3.63) is 39.8 Å². The van der Waals surface area contributed by atoms with Crippen molar-refractivity contribution in [2.45, 2.75) is 6.18 Å². The van der Waals surface area contributed by atoms with E-state index in [1.807, 2.05) is 22.6 Å². The molecule has 6 heteroatoms. The molecule has 0 amide bonds. The summed E-state index contributed by atoms with van der Waals surface area (Å²) in [7, 11) is 0. The molecule has 0 spiro atoms. The van der Waals surface area contributed by atoms with Crippen molar-refractivity contribution in [3.8, 4) is 0 Å². The molecule has 0 aliphatic carbocycles. The van der Waals surface area contributed by atoms with Crippen molar-refractivity contribution in [1.82, 2.24) is 10.2 Å². The molecule has 84 valence electrons. The summed E-state index contributed by atoms with van der Waals surface area (Å²) < 4.78 is 36.7. The molecule has 1 N–H and O–H groups in total. The molecule has 2 nitrogen and oxygen atoms in total. The molecule has 2 aromatic heterocycles. The Bertz CT molecular complexity index is 482. The topological polar surface area (TPSA) is 28.7 Å². The second kappa shape index (κ2) is 4.13. The summed E-state index contributed by atoms with van der Waals surface area (Å²) in [5.41, 5.74) is -0.570. The van der Waals surface area contributed by atoms with Crippen molar-refractivity contribution in [2.24, 2.45) is 0 Å². The minimum absolute atomic E-state index is 0.265. The Balaban J connectivity index is 2.15. The van der Waals surface area contributed by atoms with Crippen LogP contribution in [-0.2, 0) is 6.18 Å². The number of thiophene rings is 1. The molecule has 0 bridgehead atoms. The Morgan fingerprint density at radius 3 is 2.69 bits per heavy atom. The van der Waals surface area contributed by atoms with Gasteiger partial charge in [-0.1, -0.05) is 6.07 Å². The van der Waals surface area contributed by atoms with Gasteiger partial charge in [-0.05, 0) is 29.7 Å². The van der Waals surface area contributed by atoms with Crippen LogP contribution in [-0.4, -0.2) is 10.2 Å². The number of nitrogens with zero attached hydrogens (tertiary/aromatic N) is 1. The van der Waals surface area contributed by atoms with E-state index in [1.54, 1.807) is 6.08 Å². The van der Waals surface area contributed by atoms with E-state index in [1.165, 1.54) is 17.4 Å². The largest absolute Gasteiger partial charge is 0.432 e. The first-order valence-electron chi connectivity index (χ1n) is 4.40. The predicted molar refractivity (Wildman–Crippen MR) is 56.8 cm³/mol. The lowest BCUT2D eigenvalue weighted by Crippen LogP contribution is -2.04. The fraction of sp³-hybridized carbons (Fsp3) is 0.100. The summed E-state index contributed by atoms with van der Waals surface area (Å²) in [5, 5.41) is 7.40. The van der Waals surface area contributed by atoms with Gasteiger partial charge < -0.3 is 0 Å². The van der Waals surface area contributed by atoms with E-state index < -0.39 is 11.9 Å². The average Bonchev–Trinajstić information content (AvgIpc) is 2.85. The van der Waals surface area contributed by atoms with Gasteiger partial charge in [0.2, 0.25) is 0 Å². The Labute approximate surface area is 93.4 Å². The number of aromatic amines is 1. The van der Waals surface area contributed by atoms with Gasteiger partial charge in [-0.2, -0.15) is 18.3 Å². The molecule has 2 heterocycles. The van der Waals surface area contributed by atoms with Crippen LogP contribution in [0.25, 0.3) is 12.2 Å². The molecule has 0 saturated carbocycles. The molecule has 0 unspecified atom stereocenters. The first-order valence-corrected chi connectivity index (χ1v) is 5.28. The maximum Gasteiger partial charge on any atom is 0.432 e. The van der Waals surface area contributed by atoms with Crippen molar-refractivity contribution in [3.63, 3.8) is 0 Å². The predicted octanol–water partition coefficient (Wildman–Crippen LogP) is 3.66. The normalized spacial score (nSPS) is 12.4. The molecule has 0 radical (unpaired) electrons. The number of alkyl halides is 3. The molecule has 0 fully saturated rings. The van der Waals surface area contributed by atoms with Gasteiger partial charge in [0.05, 0.1) is 5.69 Å². The lowest BCUT2D eigenvalue weighted by Gasteiger charge is -1.99. The third kappa shape index (κ3) is 2.52. The maximum absolute atomic E-state index is 12.2. The van der Waals surface area contributed by atoms with Crippen LogP contribution >= 0.6 is 11.3 Å². The summed E-state index contributed by atoms with van der Waals surface area (Å²) in [6, 6.07) is 4.72. The van der Waals surface area contributed by atoms with Crippen LogP contribution in [0.4, 0.5) is 13.2 Å². The van der Waals surface area contributed by atoms with Crippen LogP contribution in [0.15, 0.2) is 23.6 Å². The molecule has 0 aliphatic heterocycles. The second-order valence-electron chi connectivity index (χ2n) is 3.05. The second-order valence-corrected chi connectivity index (χ2v) is 4.03. The highest BCUT2D eigenvalue weighted by atomic mass is 32.1. The van der Waals surface area contributed by atoms with Crippen LogP contribution in [0.3, 0.4) is 0 Å². The molecule has 2 rings (SSSR count). The van der Waals surface area contributed by atoms with Gasteiger partial charge in [0.15, 0.2) is 0 Å². The van der Waals surface area contributed by atoms with Gasteiger partial charge in [0.1, 0.15) is 5.69 Å². The van der Waals surface area contributed by atoms with Crippen LogP contribution in [0.1, 0.15) is 16.3 Å².